The first-order chi connectivity index (χ1) is 16.8. The number of sulfone groups is 1. The largest absolute Gasteiger partial charge is 0.493 e. The molecule has 0 radical (unpaired) electrons. The summed E-state index contributed by atoms with van der Waals surface area (Å²) in [5, 5.41) is 10.1. The van der Waals surface area contributed by atoms with Crippen molar-refractivity contribution in [3.63, 3.8) is 0 Å². The molecule has 0 aliphatic carbocycles. The standard InChI is InChI=1S/C24H24N4O5S2/c1-14-22-17(24(29)25-15-6-7-19(32-2)20(11-15)33-3)12-18(21-5-4-9-34-21)26-23(22)28(27-14)16-8-10-35(30,31)13-16/h4-7,9,11-12,16H,8,10,13H2,1-3H3,(H,25,29). The second-order valence-electron chi connectivity index (χ2n) is 8.34. The first-order valence-electron chi connectivity index (χ1n) is 11.0. The molecule has 0 bridgehead atoms. The number of pyridine rings is 1. The number of nitrogens with one attached hydrogen (secondary N) is 1. The third-order valence-corrected chi connectivity index (χ3v) is 8.69. The van der Waals surface area contributed by atoms with E-state index < -0.39 is 9.84 Å². The molecule has 1 N–H and O–H groups in total. The molecule has 4 aromatic rings. The lowest BCUT2D eigenvalue weighted by atomic mass is 10.1. The predicted molar refractivity (Wildman–Crippen MR) is 135 cm³/mol. The molecule has 3 aromatic heterocycles. The van der Waals surface area contributed by atoms with E-state index in [-0.39, 0.29) is 23.5 Å². The molecule has 1 saturated heterocycles. The molecular weight excluding hydrogens is 488 g/mol. The number of aryl methyl sites for hydroxylation is 1. The van der Waals surface area contributed by atoms with E-state index in [1.54, 1.807) is 36.1 Å². The fourth-order valence-electron chi connectivity index (χ4n) is 4.38. The minimum atomic E-state index is -3.12. The van der Waals surface area contributed by atoms with Gasteiger partial charge in [-0.3, -0.25) is 4.79 Å². The number of carbonyl (C=O) groups excluding carboxylic acids is 1. The number of nitrogens with zero attached hydrogens (tertiary/aromatic N) is 3. The van der Waals surface area contributed by atoms with Gasteiger partial charge in [0, 0.05) is 11.8 Å². The van der Waals surface area contributed by atoms with Crippen LogP contribution in [0.5, 0.6) is 11.5 Å². The Hall–Kier alpha value is -3.44. The van der Waals surface area contributed by atoms with Crippen LogP contribution >= 0.6 is 11.3 Å². The SMILES string of the molecule is COc1ccc(NC(=O)c2cc(-c3cccs3)nc3c2c(C)nn3C2CCS(=O)(=O)C2)cc1OC. The van der Waals surface area contributed by atoms with Crippen molar-refractivity contribution in [3.8, 4) is 22.1 Å². The number of anilines is 1. The van der Waals surface area contributed by atoms with E-state index >= 15 is 0 Å². The van der Waals surface area contributed by atoms with E-state index in [0.717, 1.165) is 4.88 Å². The summed E-state index contributed by atoms with van der Waals surface area (Å²) >= 11 is 1.51. The zero-order chi connectivity index (χ0) is 24.7. The third-order valence-electron chi connectivity index (χ3n) is 6.05. The van der Waals surface area contributed by atoms with Crippen molar-refractivity contribution in [2.75, 3.05) is 31.0 Å². The number of fused-ring (bicyclic) bond motifs is 1. The maximum absolute atomic E-state index is 13.5. The molecule has 182 valence electrons. The quantitative estimate of drug-likeness (QED) is 0.414. The van der Waals surface area contributed by atoms with Gasteiger partial charge in [-0.2, -0.15) is 5.10 Å². The Labute approximate surface area is 206 Å². The van der Waals surface area contributed by atoms with E-state index in [1.807, 2.05) is 24.4 Å². The van der Waals surface area contributed by atoms with Crippen LogP contribution in [-0.4, -0.2) is 54.8 Å². The van der Waals surface area contributed by atoms with Gasteiger partial charge in [0.25, 0.3) is 5.91 Å². The fourth-order valence-corrected chi connectivity index (χ4v) is 6.76. The van der Waals surface area contributed by atoms with Gasteiger partial charge in [0.05, 0.1) is 59.0 Å². The van der Waals surface area contributed by atoms with E-state index in [9.17, 15) is 13.2 Å². The monoisotopic (exact) mass is 512 g/mol. The van der Waals surface area contributed by atoms with Crippen LogP contribution in [0.15, 0.2) is 41.8 Å². The van der Waals surface area contributed by atoms with E-state index in [4.69, 9.17) is 14.5 Å². The lowest BCUT2D eigenvalue weighted by Gasteiger charge is -2.13. The molecule has 1 unspecified atom stereocenters. The lowest BCUT2D eigenvalue weighted by Crippen LogP contribution is -2.15. The van der Waals surface area contributed by atoms with Crippen molar-refractivity contribution >= 4 is 43.8 Å². The molecule has 5 rings (SSSR count). The van der Waals surface area contributed by atoms with Gasteiger partial charge in [-0.25, -0.2) is 18.1 Å². The summed E-state index contributed by atoms with van der Waals surface area (Å²) < 4.78 is 36.6. The molecule has 0 saturated carbocycles. The van der Waals surface area contributed by atoms with Crippen LogP contribution in [0.1, 0.15) is 28.5 Å². The smallest absolute Gasteiger partial charge is 0.256 e. The second kappa shape index (κ2) is 8.97. The fraction of sp³-hybridized carbons (Fsp3) is 0.292. The third kappa shape index (κ3) is 4.37. The normalized spacial score (nSPS) is 16.9. The molecule has 4 heterocycles. The van der Waals surface area contributed by atoms with Crippen LogP contribution in [-0.2, 0) is 9.84 Å². The number of carbonyl (C=O) groups is 1. The van der Waals surface area contributed by atoms with Gasteiger partial charge in [-0.1, -0.05) is 6.07 Å². The summed E-state index contributed by atoms with van der Waals surface area (Å²) in [6, 6.07) is 10.4. The predicted octanol–water partition coefficient (Wildman–Crippen LogP) is 4.10. The van der Waals surface area contributed by atoms with Crippen molar-refractivity contribution < 1.29 is 22.7 Å². The number of thiophene rings is 1. The highest BCUT2D eigenvalue weighted by molar-refractivity contribution is 7.91. The first kappa shape index (κ1) is 23.3. The Morgan fingerprint density at radius 1 is 1.17 bits per heavy atom. The Kier molecular flexibility index (Phi) is 5.97. The van der Waals surface area contributed by atoms with Gasteiger partial charge in [0.2, 0.25) is 0 Å². The minimum absolute atomic E-state index is 0.0152. The molecule has 1 amide bonds. The number of hydrogen-bond acceptors (Lipinski definition) is 8. The van der Waals surface area contributed by atoms with Gasteiger partial charge in [0.15, 0.2) is 27.0 Å². The molecule has 1 aliphatic rings. The van der Waals surface area contributed by atoms with Crippen LogP contribution in [0, 0.1) is 6.92 Å². The topological polar surface area (TPSA) is 112 Å². The van der Waals surface area contributed by atoms with Crippen molar-refractivity contribution in [3.05, 3.63) is 53.0 Å². The van der Waals surface area contributed by atoms with Crippen LogP contribution in [0.2, 0.25) is 0 Å². The summed E-state index contributed by atoms with van der Waals surface area (Å²) in [4.78, 5) is 19.3. The molecule has 9 nitrogen and oxygen atoms in total. The zero-order valence-corrected chi connectivity index (χ0v) is 21.1. The number of amides is 1. The van der Waals surface area contributed by atoms with Crippen LogP contribution in [0.4, 0.5) is 5.69 Å². The number of ether oxygens (including phenoxy) is 2. The Bertz CT molecular complexity index is 1530. The Morgan fingerprint density at radius 2 is 1.97 bits per heavy atom. The molecule has 1 aliphatic heterocycles. The lowest BCUT2D eigenvalue weighted by molar-refractivity contribution is 0.102. The highest BCUT2D eigenvalue weighted by Crippen LogP contribution is 2.34. The molecular formula is C24H24N4O5S2. The van der Waals surface area contributed by atoms with Crippen LogP contribution in [0.25, 0.3) is 21.6 Å². The van der Waals surface area contributed by atoms with Crippen molar-refractivity contribution in [1.82, 2.24) is 14.8 Å². The molecule has 1 fully saturated rings. The van der Waals surface area contributed by atoms with E-state index in [2.05, 4.69) is 10.4 Å². The van der Waals surface area contributed by atoms with Gasteiger partial charge in [-0.05, 0) is 43.0 Å². The van der Waals surface area contributed by atoms with Gasteiger partial charge < -0.3 is 14.8 Å². The van der Waals surface area contributed by atoms with Crippen molar-refractivity contribution in [1.29, 1.82) is 0 Å². The van der Waals surface area contributed by atoms with E-state index in [0.29, 0.717) is 51.6 Å². The number of methoxy groups -OCH3 is 2. The van der Waals surface area contributed by atoms with Gasteiger partial charge >= 0.3 is 0 Å². The number of benzene rings is 1. The average molecular weight is 513 g/mol. The van der Waals surface area contributed by atoms with Crippen molar-refractivity contribution in [2.24, 2.45) is 0 Å². The maximum atomic E-state index is 13.5. The summed E-state index contributed by atoms with van der Waals surface area (Å²) in [6.45, 7) is 1.81. The summed E-state index contributed by atoms with van der Waals surface area (Å²) in [7, 11) is -0.0444. The Morgan fingerprint density at radius 3 is 2.63 bits per heavy atom. The summed E-state index contributed by atoms with van der Waals surface area (Å²) in [5.41, 5.74) is 2.71. The highest BCUT2D eigenvalue weighted by atomic mass is 32.2. The van der Waals surface area contributed by atoms with Crippen LogP contribution < -0.4 is 14.8 Å². The number of rotatable bonds is 6. The number of aromatic nitrogens is 3. The zero-order valence-electron chi connectivity index (χ0n) is 19.4. The van der Waals surface area contributed by atoms with Crippen LogP contribution in [0.3, 0.4) is 0 Å². The van der Waals surface area contributed by atoms with Gasteiger partial charge in [0.1, 0.15) is 0 Å². The summed E-state index contributed by atoms with van der Waals surface area (Å²) in [6.07, 6.45) is 0.469. The molecule has 1 aromatic carbocycles. The average Bonchev–Trinajstić information content (AvgIpc) is 3.57. The molecule has 11 heteroatoms. The van der Waals surface area contributed by atoms with Gasteiger partial charge in [-0.15, -0.1) is 11.3 Å². The number of hydrogen-bond donors (Lipinski definition) is 1. The summed E-state index contributed by atoms with van der Waals surface area (Å²) in [5.74, 6) is 0.858. The molecule has 35 heavy (non-hydrogen) atoms. The molecule has 1 atom stereocenters. The first-order valence-corrected chi connectivity index (χ1v) is 13.7. The van der Waals surface area contributed by atoms with Crippen molar-refractivity contribution in [2.45, 2.75) is 19.4 Å². The van der Waals surface area contributed by atoms with E-state index in [1.165, 1.54) is 18.4 Å². The Balaban J connectivity index is 1.62. The molecule has 0 spiro atoms. The maximum Gasteiger partial charge on any atom is 0.256 e. The minimum Gasteiger partial charge on any atom is -0.493 e. The highest BCUT2D eigenvalue weighted by Gasteiger charge is 2.32. The second-order valence-corrected chi connectivity index (χ2v) is 11.5.